The van der Waals surface area contributed by atoms with Gasteiger partial charge in [-0.05, 0) is 48.9 Å². The molecule has 186 valence electrons. The second-order valence-electron chi connectivity index (χ2n) is 9.03. The summed E-state index contributed by atoms with van der Waals surface area (Å²) >= 11 is 1.56. The van der Waals surface area contributed by atoms with Gasteiger partial charge in [-0.3, -0.25) is 9.59 Å². The van der Waals surface area contributed by atoms with E-state index in [-0.39, 0.29) is 24.5 Å². The third kappa shape index (κ3) is 5.47. The smallest absolute Gasteiger partial charge is 0.247 e. The van der Waals surface area contributed by atoms with Crippen molar-refractivity contribution in [3.63, 3.8) is 0 Å². The zero-order valence-corrected chi connectivity index (χ0v) is 21.0. The van der Waals surface area contributed by atoms with E-state index in [9.17, 15) is 9.59 Å². The van der Waals surface area contributed by atoms with Gasteiger partial charge in [-0.25, -0.2) is 4.68 Å². The predicted molar refractivity (Wildman–Crippen MR) is 138 cm³/mol. The average molecular weight is 504 g/mol. The van der Waals surface area contributed by atoms with E-state index in [4.69, 9.17) is 4.74 Å². The summed E-state index contributed by atoms with van der Waals surface area (Å²) in [4.78, 5) is 30.2. The van der Waals surface area contributed by atoms with Crippen molar-refractivity contribution >= 4 is 34.2 Å². The summed E-state index contributed by atoms with van der Waals surface area (Å²) < 4.78 is 7.29. The fourth-order valence-corrected chi connectivity index (χ4v) is 5.19. The zero-order valence-electron chi connectivity index (χ0n) is 20.2. The van der Waals surface area contributed by atoms with Gasteiger partial charge >= 0.3 is 0 Å². The lowest BCUT2D eigenvalue weighted by molar-refractivity contribution is -0.142. The van der Waals surface area contributed by atoms with Crippen LogP contribution < -0.4 is 5.32 Å². The van der Waals surface area contributed by atoms with Gasteiger partial charge in [0, 0.05) is 18.0 Å². The number of nitrogens with one attached hydrogen (secondary N) is 1. The Morgan fingerprint density at radius 1 is 1.17 bits per heavy atom. The molecule has 9 heteroatoms. The Kier molecular flexibility index (Phi) is 7.39. The number of carbonyl (C=O) groups excluding carboxylic acids is 2. The van der Waals surface area contributed by atoms with Crippen LogP contribution in [0, 0.1) is 6.92 Å². The number of fused-ring (bicyclic) bond motifs is 1. The Hall–Kier alpha value is -3.56. The number of hydrogen-bond donors (Lipinski definition) is 1. The van der Waals surface area contributed by atoms with Crippen LogP contribution in [-0.2, 0) is 27.4 Å². The molecular formula is C27H29N5O3S. The van der Waals surface area contributed by atoms with Crippen molar-refractivity contribution in [3.8, 4) is 0 Å². The van der Waals surface area contributed by atoms with Gasteiger partial charge in [0.15, 0.2) is 0 Å². The molecule has 2 atom stereocenters. The van der Waals surface area contributed by atoms with Crippen LogP contribution in [0.1, 0.15) is 34.9 Å². The number of aryl methyl sites for hydroxylation is 1. The van der Waals surface area contributed by atoms with E-state index in [1.807, 2.05) is 73.0 Å². The molecule has 1 aliphatic heterocycles. The minimum absolute atomic E-state index is 0.00979. The highest BCUT2D eigenvalue weighted by molar-refractivity contribution is 7.09. The van der Waals surface area contributed by atoms with Gasteiger partial charge < -0.3 is 15.0 Å². The van der Waals surface area contributed by atoms with E-state index in [0.717, 1.165) is 46.5 Å². The van der Waals surface area contributed by atoms with E-state index < -0.39 is 6.04 Å². The number of amides is 2. The molecule has 5 rings (SSSR count). The zero-order chi connectivity index (χ0) is 24.9. The highest BCUT2D eigenvalue weighted by atomic mass is 32.1. The first-order valence-electron chi connectivity index (χ1n) is 12.1. The molecule has 1 fully saturated rings. The molecule has 1 N–H and O–H groups in total. The summed E-state index contributed by atoms with van der Waals surface area (Å²) in [5.41, 5.74) is 3.34. The van der Waals surface area contributed by atoms with Crippen LogP contribution in [-0.4, -0.2) is 51.0 Å². The van der Waals surface area contributed by atoms with Crippen LogP contribution >= 0.6 is 11.3 Å². The van der Waals surface area contributed by atoms with Crippen LogP contribution in [0.4, 0.5) is 0 Å². The van der Waals surface area contributed by atoms with Gasteiger partial charge in [0.1, 0.15) is 18.1 Å². The van der Waals surface area contributed by atoms with E-state index in [0.29, 0.717) is 13.1 Å². The molecule has 0 bridgehead atoms. The van der Waals surface area contributed by atoms with Crippen LogP contribution in [0.15, 0.2) is 66.0 Å². The first-order chi connectivity index (χ1) is 17.6. The van der Waals surface area contributed by atoms with E-state index in [1.54, 1.807) is 20.9 Å². The van der Waals surface area contributed by atoms with Crippen molar-refractivity contribution in [2.75, 3.05) is 13.2 Å². The van der Waals surface area contributed by atoms with Crippen molar-refractivity contribution in [2.24, 2.45) is 0 Å². The third-order valence-electron chi connectivity index (χ3n) is 6.41. The predicted octanol–water partition coefficient (Wildman–Crippen LogP) is 3.87. The molecule has 1 aliphatic rings. The normalized spacial score (nSPS) is 16.2. The Morgan fingerprint density at radius 2 is 2.00 bits per heavy atom. The summed E-state index contributed by atoms with van der Waals surface area (Å²) in [6.45, 7) is 3.44. The maximum Gasteiger partial charge on any atom is 0.247 e. The van der Waals surface area contributed by atoms with E-state index in [2.05, 4.69) is 15.6 Å². The van der Waals surface area contributed by atoms with Gasteiger partial charge in [-0.1, -0.05) is 53.2 Å². The van der Waals surface area contributed by atoms with Gasteiger partial charge in [-0.2, -0.15) is 0 Å². The topological polar surface area (TPSA) is 89.4 Å². The minimum Gasteiger partial charge on any atom is -0.376 e. The molecular weight excluding hydrogens is 474 g/mol. The molecule has 2 aromatic heterocycles. The van der Waals surface area contributed by atoms with Crippen LogP contribution in [0.3, 0.4) is 0 Å². The van der Waals surface area contributed by atoms with Crippen molar-refractivity contribution in [1.29, 1.82) is 0 Å². The van der Waals surface area contributed by atoms with Crippen LogP contribution in [0.25, 0.3) is 11.0 Å². The molecule has 4 aromatic rings. The quantitative estimate of drug-likeness (QED) is 0.375. The molecule has 0 radical (unpaired) electrons. The molecule has 36 heavy (non-hydrogen) atoms. The van der Waals surface area contributed by atoms with Crippen LogP contribution in [0.2, 0.25) is 0 Å². The summed E-state index contributed by atoms with van der Waals surface area (Å²) in [7, 11) is 0. The largest absolute Gasteiger partial charge is 0.376 e. The molecule has 0 saturated carbocycles. The van der Waals surface area contributed by atoms with E-state index in [1.165, 1.54) is 0 Å². The maximum atomic E-state index is 13.9. The fraction of sp³-hybridized carbons (Fsp3) is 0.333. The summed E-state index contributed by atoms with van der Waals surface area (Å²) in [5.74, 6) is -0.431. The number of nitrogens with zero attached hydrogens (tertiary/aromatic N) is 4. The van der Waals surface area contributed by atoms with Gasteiger partial charge in [-0.15, -0.1) is 16.4 Å². The number of rotatable bonds is 9. The number of benzene rings is 2. The Morgan fingerprint density at radius 3 is 2.75 bits per heavy atom. The highest BCUT2D eigenvalue weighted by Crippen LogP contribution is 2.27. The van der Waals surface area contributed by atoms with Gasteiger partial charge in [0.2, 0.25) is 11.8 Å². The number of thiophene rings is 1. The highest BCUT2D eigenvalue weighted by Gasteiger charge is 2.33. The van der Waals surface area contributed by atoms with Crippen molar-refractivity contribution in [1.82, 2.24) is 25.2 Å². The Bertz CT molecular complexity index is 1310. The molecule has 2 amide bonds. The fourth-order valence-electron chi connectivity index (χ4n) is 4.48. The molecule has 0 spiro atoms. The van der Waals surface area contributed by atoms with Gasteiger partial charge in [0.05, 0.1) is 18.2 Å². The minimum atomic E-state index is -0.795. The number of para-hydroxylation sites is 1. The number of aromatic nitrogens is 3. The van der Waals surface area contributed by atoms with Crippen LogP contribution in [0.5, 0.6) is 0 Å². The molecule has 1 saturated heterocycles. The lowest BCUT2D eigenvalue weighted by Crippen LogP contribution is -2.46. The molecule has 2 unspecified atom stereocenters. The van der Waals surface area contributed by atoms with Gasteiger partial charge in [0.25, 0.3) is 0 Å². The van der Waals surface area contributed by atoms with E-state index >= 15 is 0 Å². The monoisotopic (exact) mass is 503 g/mol. The summed E-state index contributed by atoms with van der Waals surface area (Å²) in [6, 6.07) is 18.4. The average Bonchev–Trinajstić information content (AvgIpc) is 3.67. The van der Waals surface area contributed by atoms with Crippen molar-refractivity contribution in [2.45, 2.75) is 45.0 Å². The number of carbonyl (C=O) groups is 2. The summed E-state index contributed by atoms with van der Waals surface area (Å²) in [6.07, 6.45) is 1.93. The molecule has 8 nitrogen and oxygen atoms in total. The lowest BCUT2D eigenvalue weighted by Gasteiger charge is -2.31. The maximum absolute atomic E-state index is 13.9. The number of hydrogen-bond acceptors (Lipinski definition) is 6. The second-order valence-corrected chi connectivity index (χ2v) is 10.1. The molecule has 3 heterocycles. The number of ether oxygens (including phenoxy) is 1. The Labute approximate surface area is 213 Å². The molecule has 0 aliphatic carbocycles. The Balaban J connectivity index is 1.47. The SMILES string of the molecule is Cc1ccc(C(C(=O)NCC2CCCO2)N(Cc2cccs2)C(=O)Cn2nnc3ccccc32)cc1. The first-order valence-corrected chi connectivity index (χ1v) is 13.0. The second kappa shape index (κ2) is 11.0. The summed E-state index contributed by atoms with van der Waals surface area (Å²) in [5, 5.41) is 13.4. The lowest BCUT2D eigenvalue weighted by atomic mass is 10.0. The van der Waals surface area contributed by atoms with Crippen molar-refractivity contribution < 1.29 is 14.3 Å². The third-order valence-corrected chi connectivity index (χ3v) is 7.27. The first kappa shape index (κ1) is 24.1. The van der Waals surface area contributed by atoms with Crippen molar-refractivity contribution in [3.05, 3.63) is 82.0 Å². The molecule has 2 aromatic carbocycles. The standard InChI is InChI=1S/C27H29N5O3S/c1-19-10-12-20(13-11-19)26(27(34)28-16-21-6-4-14-35-21)31(17-22-7-5-15-36-22)25(33)18-32-24-9-3-2-8-23(24)29-30-32/h2-3,5,7-13,15,21,26H,4,6,14,16-18H2,1H3,(H,28,34).